The normalized spacial score (nSPS) is 13.5. The molecule has 448 valence electrons. The maximum Gasteiger partial charge on any atom is 0.248 e. The number of fused-ring (bicyclic) bond motifs is 6. The lowest BCUT2D eigenvalue weighted by Crippen LogP contribution is -2.25. The number of benzene rings is 6. The highest BCUT2D eigenvalue weighted by atomic mass is 16.5. The Kier molecular flexibility index (Phi) is 24.4. The molecular formula is C80H106N2O2. The molecule has 4 heteroatoms. The highest BCUT2D eigenvalue weighted by Gasteiger charge is 2.44. The van der Waals surface area contributed by atoms with E-state index >= 15 is 0 Å². The maximum absolute atomic E-state index is 6.78. The van der Waals surface area contributed by atoms with Crippen LogP contribution >= 0.6 is 0 Å². The molecule has 0 atom stereocenters. The molecule has 2 aliphatic rings. The summed E-state index contributed by atoms with van der Waals surface area (Å²) in [5.41, 5.74) is 18.6. The first kappa shape index (κ1) is 62.8. The van der Waals surface area contributed by atoms with E-state index in [9.17, 15) is 0 Å². The van der Waals surface area contributed by atoms with Gasteiger partial charge in [0.05, 0.1) is 6.61 Å². The molecule has 4 nitrogen and oxygen atoms in total. The Labute approximate surface area is 509 Å². The Balaban J connectivity index is 1.12. The Morgan fingerprint density at radius 1 is 0.298 bits per heavy atom. The smallest absolute Gasteiger partial charge is 0.248 e. The zero-order valence-corrected chi connectivity index (χ0v) is 53.1. The molecule has 0 aliphatic heterocycles. The minimum Gasteiger partial charge on any atom is -0.494 e. The number of hydrogen-bond donors (Lipinski definition) is 0. The summed E-state index contributed by atoms with van der Waals surface area (Å²) in [5.74, 6) is 1.94. The van der Waals surface area contributed by atoms with Gasteiger partial charge >= 0.3 is 0 Å². The zero-order chi connectivity index (χ0) is 58.2. The van der Waals surface area contributed by atoms with Gasteiger partial charge in [0.15, 0.2) is 0 Å². The van der Waals surface area contributed by atoms with Gasteiger partial charge in [-0.15, -0.1) is 10.2 Å². The minimum atomic E-state index is -0.0154. The van der Waals surface area contributed by atoms with Crippen molar-refractivity contribution in [2.75, 3.05) is 6.61 Å². The van der Waals surface area contributed by atoms with Crippen LogP contribution in [0.25, 0.3) is 67.4 Å². The summed E-state index contributed by atoms with van der Waals surface area (Å²) in [5, 5.41) is 9.59. The number of ether oxygens (including phenoxy) is 1. The van der Waals surface area contributed by atoms with Crippen molar-refractivity contribution in [3.05, 3.63) is 150 Å². The molecule has 1 aromatic heterocycles. The lowest BCUT2D eigenvalue weighted by atomic mass is 9.70. The van der Waals surface area contributed by atoms with E-state index < -0.39 is 0 Å². The average molecular weight is 1130 g/mol. The maximum atomic E-state index is 6.78. The van der Waals surface area contributed by atoms with Gasteiger partial charge in [-0.25, -0.2) is 0 Å². The first-order valence-corrected chi connectivity index (χ1v) is 34.7. The van der Waals surface area contributed by atoms with Gasteiger partial charge in [-0.2, -0.15) is 0 Å². The Hall–Kier alpha value is -5.74. The van der Waals surface area contributed by atoms with E-state index in [0.717, 1.165) is 29.9 Å². The van der Waals surface area contributed by atoms with Crippen molar-refractivity contribution in [2.24, 2.45) is 0 Å². The van der Waals surface area contributed by atoms with Crippen molar-refractivity contribution in [1.29, 1.82) is 0 Å². The molecule has 7 aromatic rings. The molecule has 9 rings (SSSR count). The summed E-state index contributed by atoms with van der Waals surface area (Å²) >= 11 is 0. The number of unbranched alkanes of at least 4 members (excludes halogenated alkanes) is 25. The molecule has 0 saturated heterocycles. The van der Waals surface area contributed by atoms with Gasteiger partial charge in [-0.3, -0.25) is 0 Å². The van der Waals surface area contributed by atoms with Gasteiger partial charge < -0.3 is 9.15 Å². The Bertz CT molecular complexity index is 2880. The lowest BCUT2D eigenvalue weighted by Gasteiger charge is -2.33. The number of hydrogen-bond acceptors (Lipinski definition) is 4. The van der Waals surface area contributed by atoms with Crippen LogP contribution in [0.3, 0.4) is 0 Å². The molecule has 6 aromatic carbocycles. The first-order chi connectivity index (χ1) is 41.5. The molecule has 0 amide bonds. The van der Waals surface area contributed by atoms with E-state index in [-0.39, 0.29) is 10.8 Å². The highest BCUT2D eigenvalue weighted by Crippen LogP contribution is 2.57. The fraction of sp³-hybridized carbons (Fsp3) is 0.525. The van der Waals surface area contributed by atoms with Crippen LogP contribution < -0.4 is 4.74 Å². The van der Waals surface area contributed by atoms with Crippen LogP contribution in [0.2, 0.25) is 0 Å². The van der Waals surface area contributed by atoms with Gasteiger partial charge in [-0.1, -0.05) is 294 Å². The molecular weight excluding hydrogens is 1020 g/mol. The fourth-order valence-electron chi connectivity index (χ4n) is 14.7. The van der Waals surface area contributed by atoms with E-state index in [1.54, 1.807) is 11.1 Å². The topological polar surface area (TPSA) is 48.2 Å². The average Bonchev–Trinajstić information content (AvgIpc) is 2.88. The van der Waals surface area contributed by atoms with E-state index in [1.807, 2.05) is 12.1 Å². The summed E-state index contributed by atoms with van der Waals surface area (Å²) in [4.78, 5) is 0. The van der Waals surface area contributed by atoms with Crippen LogP contribution in [-0.2, 0) is 10.8 Å². The molecule has 0 saturated carbocycles. The SMILES string of the molecule is CCCCCCCCOc1ccc(-c2nnc(-c3cc(-c4ccc5c(c4)C(CCCCCCCC)(CCCCCCCC)c4ccccc4-5)cc(-c4ccc5c(c4)C(CCCCCCCC)(CCCCCCCC)c4ccccc4-5)c3)o2)cc1. The van der Waals surface area contributed by atoms with Gasteiger partial charge in [0.25, 0.3) is 0 Å². The molecule has 1 heterocycles. The van der Waals surface area contributed by atoms with Crippen LogP contribution in [-0.4, -0.2) is 16.8 Å². The predicted octanol–water partition coefficient (Wildman–Crippen LogP) is 25.0. The fourth-order valence-corrected chi connectivity index (χ4v) is 14.7. The molecule has 0 unspecified atom stereocenters. The van der Waals surface area contributed by atoms with Gasteiger partial charge in [0.2, 0.25) is 11.8 Å². The quantitative estimate of drug-likeness (QED) is 0.0359. The van der Waals surface area contributed by atoms with Gasteiger partial charge in [-0.05, 0) is 153 Å². The molecule has 0 bridgehead atoms. The summed E-state index contributed by atoms with van der Waals surface area (Å²) < 4.78 is 13.0. The van der Waals surface area contributed by atoms with E-state index in [2.05, 4.69) is 150 Å². The predicted molar refractivity (Wildman–Crippen MR) is 359 cm³/mol. The molecule has 0 fully saturated rings. The van der Waals surface area contributed by atoms with Crippen LogP contribution in [0.1, 0.15) is 275 Å². The second-order valence-electron chi connectivity index (χ2n) is 25.7. The van der Waals surface area contributed by atoms with Crippen molar-refractivity contribution < 1.29 is 9.15 Å². The summed E-state index contributed by atoms with van der Waals surface area (Å²) in [6.45, 7) is 12.3. The van der Waals surface area contributed by atoms with Gasteiger partial charge in [0.1, 0.15) is 5.75 Å². The third-order valence-corrected chi connectivity index (χ3v) is 19.5. The van der Waals surface area contributed by atoms with E-state index in [1.165, 1.54) is 268 Å². The van der Waals surface area contributed by atoms with E-state index in [4.69, 9.17) is 19.4 Å². The van der Waals surface area contributed by atoms with Crippen molar-refractivity contribution in [1.82, 2.24) is 10.2 Å². The van der Waals surface area contributed by atoms with Crippen molar-refractivity contribution >= 4 is 0 Å². The van der Waals surface area contributed by atoms with Crippen molar-refractivity contribution in [3.63, 3.8) is 0 Å². The van der Waals surface area contributed by atoms with Gasteiger partial charge in [0, 0.05) is 22.0 Å². The number of aromatic nitrogens is 2. The largest absolute Gasteiger partial charge is 0.494 e. The van der Waals surface area contributed by atoms with Crippen molar-refractivity contribution in [2.45, 2.75) is 264 Å². The second-order valence-corrected chi connectivity index (χ2v) is 25.7. The van der Waals surface area contributed by atoms with Crippen LogP contribution in [0, 0.1) is 0 Å². The standard InChI is InChI=1S/C80H106N2O2/c1-6-11-16-21-26-35-52-79(53-36-27-22-17-12-7-2)73-42-33-31-40-69(73)71-50-46-63(60-75(71)79)65-57-66(59-67(58-65)78-82-81-77(84-78)62-44-48-68(49-45-62)83-56-39-30-25-20-15-10-5)64-47-51-72-70-41-32-34-43-74(70)80(76(72)61-64,54-37-28-23-18-13-8-3)55-38-29-24-19-14-9-4/h31-34,40-51,57-61H,6-30,35-39,52-56H2,1-5H3. The third kappa shape index (κ3) is 15.6. The first-order valence-electron chi connectivity index (χ1n) is 34.7. The van der Waals surface area contributed by atoms with Crippen LogP contribution in [0.15, 0.2) is 132 Å². The van der Waals surface area contributed by atoms with Crippen LogP contribution in [0.4, 0.5) is 0 Å². The monoisotopic (exact) mass is 1130 g/mol. The lowest BCUT2D eigenvalue weighted by molar-refractivity contribution is 0.304. The Morgan fingerprint density at radius 2 is 0.631 bits per heavy atom. The second kappa shape index (κ2) is 32.7. The zero-order valence-electron chi connectivity index (χ0n) is 53.1. The number of nitrogens with zero attached hydrogens (tertiary/aromatic N) is 2. The molecule has 0 N–H and O–H groups in total. The minimum absolute atomic E-state index is 0.0154. The third-order valence-electron chi connectivity index (χ3n) is 19.5. The van der Waals surface area contributed by atoms with Crippen LogP contribution in [0.5, 0.6) is 5.75 Å². The molecule has 84 heavy (non-hydrogen) atoms. The molecule has 0 radical (unpaired) electrons. The summed E-state index contributed by atoms with van der Waals surface area (Å²) in [7, 11) is 0. The summed E-state index contributed by atoms with van der Waals surface area (Å²) in [6.07, 6.45) is 43.7. The molecule has 2 aliphatic carbocycles. The molecule has 0 spiro atoms. The van der Waals surface area contributed by atoms with Crippen molar-refractivity contribution in [3.8, 4) is 73.2 Å². The highest BCUT2D eigenvalue weighted by molar-refractivity contribution is 5.88. The number of rotatable bonds is 40. The Morgan fingerprint density at radius 3 is 1.05 bits per heavy atom. The van der Waals surface area contributed by atoms with E-state index in [0.29, 0.717) is 11.8 Å². The summed E-state index contributed by atoms with van der Waals surface area (Å²) in [6, 6.07) is 49.3.